The van der Waals surface area contributed by atoms with Crippen LogP contribution in [0.5, 0.6) is 0 Å². The Morgan fingerprint density at radius 2 is 1.63 bits per heavy atom. The zero-order chi connectivity index (χ0) is 20.0. The summed E-state index contributed by atoms with van der Waals surface area (Å²) in [7, 11) is -3.69. The zero-order valence-corrected chi connectivity index (χ0v) is 18.3. The van der Waals surface area contributed by atoms with E-state index in [1.54, 1.807) is 0 Å². The Labute approximate surface area is 169 Å². The number of aldehydes is 1. The Hall–Kier alpha value is -0.720. The SMILES string of the molecule is C1CCCC1.CCCCS(=O)(=O)O.O=CCc1ccsc1C1CCCCC1. The summed E-state index contributed by atoms with van der Waals surface area (Å²) in [5.41, 5.74) is 1.27. The Bertz CT molecular complexity index is 590. The summed E-state index contributed by atoms with van der Waals surface area (Å²) < 4.78 is 28.0. The molecule has 0 amide bonds. The minimum atomic E-state index is -3.69. The molecule has 0 saturated heterocycles. The number of thiophene rings is 1. The fourth-order valence-electron chi connectivity index (χ4n) is 3.54. The lowest BCUT2D eigenvalue weighted by atomic mass is 9.86. The van der Waals surface area contributed by atoms with Crippen LogP contribution in [0.25, 0.3) is 0 Å². The molecule has 156 valence electrons. The van der Waals surface area contributed by atoms with Crippen LogP contribution in [-0.2, 0) is 21.3 Å². The van der Waals surface area contributed by atoms with Gasteiger partial charge in [0.05, 0.1) is 5.75 Å². The van der Waals surface area contributed by atoms with Crippen molar-refractivity contribution in [3.8, 4) is 0 Å². The van der Waals surface area contributed by atoms with Crippen molar-refractivity contribution in [2.24, 2.45) is 0 Å². The van der Waals surface area contributed by atoms with E-state index < -0.39 is 10.1 Å². The fraction of sp³-hybridized carbons (Fsp3) is 0.762. The number of carbonyl (C=O) groups is 1. The molecule has 4 nitrogen and oxygen atoms in total. The van der Waals surface area contributed by atoms with Crippen molar-refractivity contribution in [3.63, 3.8) is 0 Å². The number of rotatable bonds is 6. The van der Waals surface area contributed by atoms with Gasteiger partial charge in [-0.25, -0.2) is 0 Å². The molecule has 0 aliphatic heterocycles. The van der Waals surface area contributed by atoms with Crippen LogP contribution in [-0.4, -0.2) is 25.0 Å². The molecule has 0 aromatic carbocycles. The van der Waals surface area contributed by atoms with E-state index in [4.69, 9.17) is 4.55 Å². The van der Waals surface area contributed by atoms with Gasteiger partial charge in [0.1, 0.15) is 6.29 Å². The second-order valence-corrected chi connectivity index (χ2v) is 9.94. The topological polar surface area (TPSA) is 71.4 Å². The highest BCUT2D eigenvalue weighted by atomic mass is 32.2. The Kier molecular flexibility index (Phi) is 12.9. The Morgan fingerprint density at radius 1 is 1.07 bits per heavy atom. The minimum Gasteiger partial charge on any atom is -0.303 e. The maximum absolute atomic E-state index is 10.5. The van der Waals surface area contributed by atoms with Gasteiger partial charge in [-0.2, -0.15) is 8.42 Å². The first-order valence-corrected chi connectivity index (χ1v) is 12.9. The van der Waals surface area contributed by atoms with Crippen molar-refractivity contribution in [2.75, 3.05) is 5.75 Å². The van der Waals surface area contributed by atoms with E-state index in [0.29, 0.717) is 12.8 Å². The molecule has 27 heavy (non-hydrogen) atoms. The van der Waals surface area contributed by atoms with Crippen molar-refractivity contribution in [3.05, 3.63) is 21.9 Å². The number of carbonyl (C=O) groups excluding carboxylic acids is 1. The summed E-state index contributed by atoms with van der Waals surface area (Å²) in [4.78, 5) is 12.0. The standard InChI is InChI=1S/C12H16OS.C5H10.C4H10O3S/c13-8-6-11-7-9-14-12(11)10-4-2-1-3-5-10;1-2-4-5-3-1;1-2-3-4-8(5,6)7/h7-10H,1-6H2;1-5H2;2-4H2,1H3,(H,5,6,7). The van der Waals surface area contributed by atoms with E-state index >= 15 is 0 Å². The molecule has 0 atom stereocenters. The molecule has 2 aliphatic carbocycles. The average Bonchev–Trinajstić information content (AvgIpc) is 3.36. The maximum atomic E-state index is 10.5. The second kappa shape index (κ2) is 14.3. The van der Waals surface area contributed by atoms with Crippen LogP contribution in [0.4, 0.5) is 0 Å². The molecule has 0 radical (unpaired) electrons. The average molecular weight is 417 g/mol. The third-order valence-electron chi connectivity index (χ3n) is 5.07. The van der Waals surface area contributed by atoms with E-state index in [-0.39, 0.29) is 5.75 Å². The molecule has 2 fully saturated rings. The van der Waals surface area contributed by atoms with E-state index in [9.17, 15) is 13.2 Å². The van der Waals surface area contributed by atoms with Gasteiger partial charge < -0.3 is 4.79 Å². The van der Waals surface area contributed by atoms with Crippen LogP contribution in [0.15, 0.2) is 11.4 Å². The third-order valence-corrected chi connectivity index (χ3v) is 6.99. The van der Waals surface area contributed by atoms with Crippen LogP contribution in [0.1, 0.15) is 100 Å². The molecular formula is C21H36O4S2. The highest BCUT2D eigenvalue weighted by Gasteiger charge is 2.19. The maximum Gasteiger partial charge on any atom is 0.264 e. The monoisotopic (exact) mass is 416 g/mol. The molecule has 1 N–H and O–H groups in total. The quantitative estimate of drug-likeness (QED) is 0.445. The van der Waals surface area contributed by atoms with Crippen LogP contribution in [0, 0.1) is 0 Å². The lowest BCUT2D eigenvalue weighted by Gasteiger charge is -2.21. The van der Waals surface area contributed by atoms with Crippen LogP contribution >= 0.6 is 11.3 Å². The second-order valence-electron chi connectivity index (χ2n) is 7.42. The highest BCUT2D eigenvalue weighted by Crippen LogP contribution is 2.37. The molecule has 1 aromatic rings. The molecule has 2 aliphatic rings. The predicted octanol–water partition coefficient (Wildman–Crippen LogP) is 6.16. The van der Waals surface area contributed by atoms with Crippen LogP contribution in [0.3, 0.4) is 0 Å². The number of unbranched alkanes of at least 4 members (excludes halogenated alkanes) is 1. The van der Waals surface area contributed by atoms with Gasteiger partial charge in [-0.3, -0.25) is 4.55 Å². The molecular weight excluding hydrogens is 380 g/mol. The van der Waals surface area contributed by atoms with E-state index in [1.807, 2.05) is 18.3 Å². The zero-order valence-electron chi connectivity index (χ0n) is 16.7. The first-order chi connectivity index (χ1) is 13.0. The largest absolute Gasteiger partial charge is 0.303 e. The van der Waals surface area contributed by atoms with Crippen LogP contribution < -0.4 is 0 Å². The van der Waals surface area contributed by atoms with Gasteiger partial charge in [-0.05, 0) is 42.2 Å². The number of hydrogen-bond donors (Lipinski definition) is 1. The lowest BCUT2D eigenvalue weighted by molar-refractivity contribution is -0.107. The summed E-state index contributed by atoms with van der Waals surface area (Å²) in [5, 5.41) is 2.13. The molecule has 6 heteroatoms. The third kappa shape index (κ3) is 11.7. The molecule has 3 rings (SSSR count). The van der Waals surface area contributed by atoms with Crippen molar-refractivity contribution < 1.29 is 17.8 Å². The van der Waals surface area contributed by atoms with Crippen molar-refractivity contribution in [1.29, 1.82) is 0 Å². The van der Waals surface area contributed by atoms with Gasteiger partial charge in [-0.15, -0.1) is 11.3 Å². The fourth-order valence-corrected chi connectivity index (χ4v) is 5.30. The van der Waals surface area contributed by atoms with E-state index in [0.717, 1.165) is 18.6 Å². The van der Waals surface area contributed by atoms with Gasteiger partial charge >= 0.3 is 0 Å². The van der Waals surface area contributed by atoms with Crippen molar-refractivity contribution >= 4 is 27.7 Å². The first-order valence-electron chi connectivity index (χ1n) is 10.4. The van der Waals surface area contributed by atoms with E-state index in [2.05, 4.69) is 11.4 Å². The summed E-state index contributed by atoms with van der Waals surface area (Å²) in [6.07, 6.45) is 17.2. The lowest BCUT2D eigenvalue weighted by Crippen LogP contribution is -2.05. The van der Waals surface area contributed by atoms with Gasteiger partial charge in [0.2, 0.25) is 0 Å². The van der Waals surface area contributed by atoms with Crippen LogP contribution in [0.2, 0.25) is 0 Å². The van der Waals surface area contributed by atoms with Gasteiger partial charge in [0, 0.05) is 11.3 Å². The number of hydrogen-bond acceptors (Lipinski definition) is 4. The smallest absolute Gasteiger partial charge is 0.264 e. The van der Waals surface area contributed by atoms with Crippen molar-refractivity contribution in [1.82, 2.24) is 0 Å². The normalized spacial score (nSPS) is 17.4. The summed E-state index contributed by atoms with van der Waals surface area (Å²) in [6, 6.07) is 2.11. The summed E-state index contributed by atoms with van der Waals surface area (Å²) in [5.74, 6) is 0.641. The first kappa shape index (κ1) is 24.3. The van der Waals surface area contributed by atoms with Gasteiger partial charge in [-0.1, -0.05) is 64.7 Å². The minimum absolute atomic E-state index is 0.108. The highest BCUT2D eigenvalue weighted by molar-refractivity contribution is 7.85. The molecule has 1 heterocycles. The van der Waals surface area contributed by atoms with Gasteiger partial charge in [0.25, 0.3) is 10.1 Å². The molecule has 0 spiro atoms. The molecule has 2 saturated carbocycles. The molecule has 1 aromatic heterocycles. The Balaban J connectivity index is 0.000000236. The predicted molar refractivity (Wildman–Crippen MR) is 114 cm³/mol. The Morgan fingerprint density at radius 3 is 2.07 bits per heavy atom. The van der Waals surface area contributed by atoms with E-state index in [1.165, 1.54) is 74.6 Å². The summed E-state index contributed by atoms with van der Waals surface area (Å²) in [6.45, 7) is 1.87. The van der Waals surface area contributed by atoms with Crippen molar-refractivity contribution in [2.45, 2.75) is 96.3 Å². The van der Waals surface area contributed by atoms with Gasteiger partial charge in [0.15, 0.2) is 0 Å². The summed E-state index contributed by atoms with van der Waals surface area (Å²) >= 11 is 1.84. The molecule has 0 unspecified atom stereocenters. The molecule has 0 bridgehead atoms.